The lowest BCUT2D eigenvalue weighted by Gasteiger charge is -2.31. The third-order valence-corrected chi connectivity index (χ3v) is 5.74. The predicted molar refractivity (Wildman–Crippen MR) is 120 cm³/mol. The van der Waals surface area contributed by atoms with E-state index in [2.05, 4.69) is 26.1 Å². The fourth-order valence-corrected chi connectivity index (χ4v) is 3.76. The third-order valence-electron chi connectivity index (χ3n) is 5.74. The van der Waals surface area contributed by atoms with Gasteiger partial charge in [0.05, 0.1) is 18.4 Å². The van der Waals surface area contributed by atoms with Crippen LogP contribution in [0.4, 0.5) is 5.69 Å². The van der Waals surface area contributed by atoms with Gasteiger partial charge in [0, 0.05) is 24.6 Å². The number of ether oxygens (including phenoxy) is 1. The largest absolute Gasteiger partial charge is 0.465 e. The van der Waals surface area contributed by atoms with Crippen LogP contribution in [0.5, 0.6) is 0 Å². The number of methoxy groups -OCH3 is 1. The van der Waals surface area contributed by atoms with E-state index >= 15 is 0 Å². The summed E-state index contributed by atoms with van der Waals surface area (Å²) in [6, 6.07) is 14.6. The first-order valence-corrected chi connectivity index (χ1v) is 10.6. The molecule has 1 aliphatic heterocycles. The number of amides is 2. The first-order valence-electron chi connectivity index (χ1n) is 10.6. The molecule has 0 saturated carbocycles. The van der Waals surface area contributed by atoms with E-state index in [1.165, 1.54) is 12.7 Å². The zero-order valence-corrected chi connectivity index (χ0v) is 18.6. The average Bonchev–Trinajstić information content (AvgIpc) is 2.78. The van der Waals surface area contributed by atoms with Crippen molar-refractivity contribution >= 4 is 23.5 Å². The lowest BCUT2D eigenvalue weighted by molar-refractivity contribution is -0.121. The van der Waals surface area contributed by atoms with Gasteiger partial charge in [0.15, 0.2) is 0 Å². The molecule has 31 heavy (non-hydrogen) atoms. The van der Waals surface area contributed by atoms with Crippen LogP contribution in [0.1, 0.15) is 59.9 Å². The van der Waals surface area contributed by atoms with E-state index in [1.54, 1.807) is 29.2 Å². The molecule has 6 nitrogen and oxygen atoms in total. The van der Waals surface area contributed by atoms with E-state index in [0.717, 1.165) is 0 Å². The minimum absolute atomic E-state index is 0.00430. The zero-order chi connectivity index (χ0) is 22.6. The van der Waals surface area contributed by atoms with Gasteiger partial charge in [-0.2, -0.15) is 0 Å². The van der Waals surface area contributed by atoms with Crippen molar-refractivity contribution in [3.63, 3.8) is 0 Å². The molecule has 2 aromatic rings. The van der Waals surface area contributed by atoms with Crippen molar-refractivity contribution < 1.29 is 19.1 Å². The number of carbonyl (C=O) groups is 3. The van der Waals surface area contributed by atoms with Gasteiger partial charge >= 0.3 is 5.97 Å². The van der Waals surface area contributed by atoms with Crippen molar-refractivity contribution in [2.24, 2.45) is 5.92 Å². The standard InChI is InChI=1S/C25H30N2O4/c1-25(2,3)19-11-9-18(10-12-19)23(29)27-15-13-17(14-16-27)22(28)26-21-8-6-5-7-20(21)24(30)31-4/h5-12,17H,13-16H2,1-4H3,(H,26,28). The van der Waals surface area contributed by atoms with E-state index in [0.29, 0.717) is 42.7 Å². The van der Waals surface area contributed by atoms with Crippen LogP contribution in [0.3, 0.4) is 0 Å². The van der Waals surface area contributed by atoms with Crippen LogP contribution >= 0.6 is 0 Å². The van der Waals surface area contributed by atoms with Gasteiger partial charge in [-0.3, -0.25) is 9.59 Å². The Bertz CT molecular complexity index is 952. The topological polar surface area (TPSA) is 75.7 Å². The Morgan fingerprint density at radius 1 is 0.968 bits per heavy atom. The minimum atomic E-state index is -0.492. The molecule has 2 aromatic carbocycles. The van der Waals surface area contributed by atoms with Crippen LogP contribution in [-0.4, -0.2) is 42.9 Å². The number of para-hydroxylation sites is 1. The number of likely N-dealkylation sites (tertiary alicyclic amines) is 1. The lowest BCUT2D eigenvalue weighted by atomic mass is 9.86. The van der Waals surface area contributed by atoms with Gasteiger partial charge in [-0.25, -0.2) is 4.79 Å². The quantitative estimate of drug-likeness (QED) is 0.747. The monoisotopic (exact) mass is 422 g/mol. The smallest absolute Gasteiger partial charge is 0.339 e. The molecule has 0 aromatic heterocycles. The number of hydrogen-bond donors (Lipinski definition) is 1. The number of nitrogens with zero attached hydrogens (tertiary/aromatic N) is 1. The number of anilines is 1. The van der Waals surface area contributed by atoms with Crippen molar-refractivity contribution in [3.05, 3.63) is 65.2 Å². The van der Waals surface area contributed by atoms with Gasteiger partial charge < -0.3 is 15.0 Å². The second-order valence-electron chi connectivity index (χ2n) is 8.92. The third kappa shape index (κ3) is 5.32. The normalized spacial score (nSPS) is 14.8. The minimum Gasteiger partial charge on any atom is -0.465 e. The van der Waals surface area contributed by atoms with Gasteiger partial charge in [-0.05, 0) is 48.1 Å². The summed E-state index contributed by atoms with van der Waals surface area (Å²) in [5.74, 6) is -0.847. The van der Waals surface area contributed by atoms with Gasteiger partial charge in [-0.1, -0.05) is 45.0 Å². The molecule has 0 radical (unpaired) electrons. The molecule has 0 aliphatic carbocycles. The van der Waals surface area contributed by atoms with Gasteiger partial charge in [-0.15, -0.1) is 0 Å². The van der Waals surface area contributed by atoms with Gasteiger partial charge in [0.2, 0.25) is 5.91 Å². The number of carbonyl (C=O) groups excluding carboxylic acids is 3. The molecule has 1 saturated heterocycles. The number of esters is 1. The van der Waals surface area contributed by atoms with E-state index in [4.69, 9.17) is 4.74 Å². The first kappa shape index (κ1) is 22.5. The highest BCUT2D eigenvalue weighted by Crippen LogP contribution is 2.25. The molecule has 164 valence electrons. The number of nitrogens with one attached hydrogen (secondary N) is 1. The molecule has 0 atom stereocenters. The summed E-state index contributed by atoms with van der Waals surface area (Å²) >= 11 is 0. The molecule has 0 spiro atoms. The highest BCUT2D eigenvalue weighted by molar-refractivity contribution is 6.02. The van der Waals surface area contributed by atoms with E-state index in [-0.39, 0.29) is 23.1 Å². The maximum atomic E-state index is 12.9. The highest BCUT2D eigenvalue weighted by atomic mass is 16.5. The van der Waals surface area contributed by atoms with Crippen LogP contribution in [0.15, 0.2) is 48.5 Å². The van der Waals surface area contributed by atoms with E-state index < -0.39 is 5.97 Å². The molecular formula is C25H30N2O4. The van der Waals surface area contributed by atoms with Crippen molar-refractivity contribution in [2.45, 2.75) is 39.0 Å². The van der Waals surface area contributed by atoms with Crippen molar-refractivity contribution in [2.75, 3.05) is 25.5 Å². The molecule has 6 heteroatoms. The maximum Gasteiger partial charge on any atom is 0.339 e. The highest BCUT2D eigenvalue weighted by Gasteiger charge is 2.28. The Balaban J connectivity index is 1.59. The number of piperidine rings is 1. The molecule has 1 aliphatic rings. The summed E-state index contributed by atoms with van der Waals surface area (Å²) in [6.07, 6.45) is 1.16. The Morgan fingerprint density at radius 3 is 2.16 bits per heavy atom. The molecule has 1 N–H and O–H groups in total. The molecule has 0 unspecified atom stereocenters. The van der Waals surface area contributed by atoms with Crippen LogP contribution < -0.4 is 5.32 Å². The molecule has 1 fully saturated rings. The summed E-state index contributed by atoms with van der Waals surface area (Å²) in [7, 11) is 1.31. The van der Waals surface area contributed by atoms with Crippen LogP contribution in [0.25, 0.3) is 0 Å². The first-order chi connectivity index (χ1) is 14.7. The van der Waals surface area contributed by atoms with Crippen molar-refractivity contribution in [1.82, 2.24) is 4.90 Å². The molecule has 0 bridgehead atoms. The van der Waals surface area contributed by atoms with Gasteiger partial charge in [0.25, 0.3) is 5.91 Å². The second kappa shape index (κ2) is 9.33. The summed E-state index contributed by atoms with van der Waals surface area (Å²) in [5, 5.41) is 2.85. The van der Waals surface area contributed by atoms with Crippen LogP contribution in [0.2, 0.25) is 0 Å². The maximum absolute atomic E-state index is 12.9. The fraction of sp³-hybridized carbons (Fsp3) is 0.400. The Kier molecular flexibility index (Phi) is 6.78. The average molecular weight is 423 g/mol. The molecule has 2 amide bonds. The van der Waals surface area contributed by atoms with Crippen LogP contribution in [-0.2, 0) is 14.9 Å². The Labute approximate surface area is 183 Å². The molecule has 3 rings (SSSR count). The Morgan fingerprint density at radius 2 is 1.58 bits per heavy atom. The fourth-order valence-electron chi connectivity index (χ4n) is 3.76. The van der Waals surface area contributed by atoms with Crippen molar-refractivity contribution in [1.29, 1.82) is 0 Å². The number of hydrogen-bond acceptors (Lipinski definition) is 4. The van der Waals surface area contributed by atoms with E-state index in [9.17, 15) is 14.4 Å². The summed E-state index contributed by atoms with van der Waals surface area (Å²) in [6.45, 7) is 7.48. The molecule has 1 heterocycles. The summed E-state index contributed by atoms with van der Waals surface area (Å²) in [4.78, 5) is 39.3. The summed E-state index contributed by atoms with van der Waals surface area (Å²) < 4.78 is 4.78. The molecular weight excluding hydrogens is 392 g/mol. The SMILES string of the molecule is COC(=O)c1ccccc1NC(=O)C1CCN(C(=O)c2ccc(C(C)(C)C)cc2)CC1. The van der Waals surface area contributed by atoms with E-state index in [1.807, 2.05) is 24.3 Å². The summed E-state index contributed by atoms with van der Waals surface area (Å²) in [5.41, 5.74) is 2.66. The predicted octanol–water partition coefficient (Wildman–Crippen LogP) is 4.26. The Hall–Kier alpha value is -3.15. The number of rotatable bonds is 4. The van der Waals surface area contributed by atoms with Crippen molar-refractivity contribution in [3.8, 4) is 0 Å². The second-order valence-corrected chi connectivity index (χ2v) is 8.92. The van der Waals surface area contributed by atoms with Crippen LogP contribution in [0, 0.1) is 5.92 Å². The number of benzene rings is 2. The lowest BCUT2D eigenvalue weighted by Crippen LogP contribution is -2.41. The zero-order valence-electron chi connectivity index (χ0n) is 18.6. The van der Waals surface area contributed by atoms with Gasteiger partial charge in [0.1, 0.15) is 0 Å².